The Balaban J connectivity index is 1.36. The van der Waals surface area contributed by atoms with Crippen molar-refractivity contribution < 1.29 is 53.6 Å². The highest BCUT2D eigenvalue weighted by atomic mass is 16.7. The molecule has 1 unspecified atom stereocenters. The Labute approximate surface area is 399 Å². The largest absolute Gasteiger partial charge is 0.396 e. The van der Waals surface area contributed by atoms with Crippen LogP contribution in [0.4, 0.5) is 0 Å². The molecule has 0 aromatic heterocycles. The predicted molar refractivity (Wildman–Crippen MR) is 257 cm³/mol. The van der Waals surface area contributed by atoms with Crippen molar-refractivity contribution >= 4 is 0 Å². The molecule has 358 valence electrons. The van der Waals surface area contributed by atoms with Gasteiger partial charge in [-0.25, -0.2) is 0 Å². The van der Waals surface area contributed by atoms with Crippen molar-refractivity contribution in [1.82, 2.24) is 0 Å². The van der Waals surface area contributed by atoms with Crippen molar-refractivity contribution in [1.29, 1.82) is 0 Å². The maximum atomic E-state index is 14.4. The van der Waals surface area contributed by atoms with Crippen LogP contribution < -0.4 is 0 Å². The zero-order valence-corrected chi connectivity index (χ0v) is 38.7. The van der Waals surface area contributed by atoms with Gasteiger partial charge in [0.1, 0.15) is 35.6 Å². The fourth-order valence-corrected chi connectivity index (χ4v) is 10.3. The molecule has 2 aliphatic rings. The Bertz CT molecular complexity index is 2380. The van der Waals surface area contributed by atoms with E-state index in [1.54, 1.807) is 0 Å². The average Bonchev–Trinajstić information content (AvgIpc) is 3.37. The lowest BCUT2D eigenvalue weighted by atomic mass is 9.57. The lowest BCUT2D eigenvalue weighted by Crippen LogP contribution is -2.85. The smallest absolute Gasteiger partial charge is 0.186 e. The molecule has 68 heavy (non-hydrogen) atoms. The van der Waals surface area contributed by atoms with Gasteiger partial charge in [0.25, 0.3) is 0 Å². The fraction of sp³-hybridized carbons (Fsp3) is 0.368. The predicted octanol–water partition coefficient (Wildman–Crippen LogP) is 7.06. The Hall–Kier alpha value is -5.12. The van der Waals surface area contributed by atoms with Crippen LogP contribution in [0.5, 0.6) is 0 Å². The average molecular weight is 925 g/mol. The van der Waals surface area contributed by atoms with E-state index in [0.717, 1.165) is 22.3 Å². The van der Waals surface area contributed by atoms with Gasteiger partial charge in [-0.3, -0.25) is 0 Å². The monoisotopic (exact) mass is 924 g/mol. The topological polar surface area (TPSA) is 146 Å². The molecule has 11 nitrogen and oxygen atoms in total. The van der Waals surface area contributed by atoms with Crippen LogP contribution in [0.1, 0.15) is 33.4 Å². The molecule has 0 amide bonds. The van der Waals surface area contributed by atoms with Crippen LogP contribution in [0.25, 0.3) is 0 Å². The van der Waals surface area contributed by atoms with Crippen LogP contribution in [0.2, 0.25) is 0 Å². The Morgan fingerprint density at radius 2 is 0.985 bits per heavy atom. The lowest BCUT2D eigenvalue weighted by molar-refractivity contribution is -0.411. The Kier molecular flexibility index (Phi) is 16.7. The van der Waals surface area contributed by atoms with Crippen LogP contribution >= 0.6 is 0 Å². The highest BCUT2D eigenvalue weighted by Crippen LogP contribution is 2.54. The molecule has 2 saturated heterocycles. The van der Waals surface area contributed by atoms with Gasteiger partial charge in [0.15, 0.2) is 11.9 Å². The van der Waals surface area contributed by atoms with Gasteiger partial charge in [0.05, 0.1) is 45.2 Å². The van der Waals surface area contributed by atoms with Gasteiger partial charge in [0.2, 0.25) is 0 Å². The van der Waals surface area contributed by atoms with E-state index in [0.29, 0.717) is 11.1 Å². The molecule has 2 aliphatic heterocycles. The van der Waals surface area contributed by atoms with E-state index in [1.165, 1.54) is 14.2 Å². The van der Waals surface area contributed by atoms with E-state index in [1.807, 2.05) is 182 Å². The van der Waals surface area contributed by atoms with Crippen LogP contribution in [0, 0.1) is 5.92 Å². The standard InChI is InChI=1S/C57H64O11/c1-62-53-51(65-38-45-29-17-7-18-30-45)52(66-39-46-31-19-8-20-32-46)57(63-2,49(67-53)40-64-37-44-27-15-6-16-28-44)54-56(61,35-43-25-13-5-14-26-43)55(60,34-42-23-11-4-12-24-42)47(36-58)50(68-54)48(59)33-41-21-9-3-10-22-41/h3-32,47-54,58-61H,33-40H2,1-2H3/t47-,48?,49-,50+,51-,52-,53+,54-,55+,56+,57-/m1/s1. The van der Waals surface area contributed by atoms with Crippen molar-refractivity contribution in [3.8, 4) is 0 Å². The number of hydrogen-bond donors (Lipinski definition) is 4. The zero-order chi connectivity index (χ0) is 47.4. The first kappa shape index (κ1) is 49.3. The number of methoxy groups -OCH3 is 2. The van der Waals surface area contributed by atoms with Gasteiger partial charge in [-0.2, -0.15) is 0 Å². The quantitative estimate of drug-likeness (QED) is 0.0589. The van der Waals surface area contributed by atoms with E-state index in [-0.39, 0.29) is 45.7 Å². The van der Waals surface area contributed by atoms with E-state index < -0.39 is 72.2 Å². The van der Waals surface area contributed by atoms with Gasteiger partial charge in [-0.1, -0.05) is 182 Å². The van der Waals surface area contributed by atoms with Crippen LogP contribution in [0.15, 0.2) is 182 Å². The van der Waals surface area contributed by atoms with Gasteiger partial charge in [-0.15, -0.1) is 0 Å². The van der Waals surface area contributed by atoms with Gasteiger partial charge >= 0.3 is 0 Å². The summed E-state index contributed by atoms with van der Waals surface area (Å²) in [6, 6.07) is 57.2. The van der Waals surface area contributed by atoms with Gasteiger partial charge < -0.3 is 53.6 Å². The molecule has 2 heterocycles. The molecule has 0 aliphatic carbocycles. The summed E-state index contributed by atoms with van der Waals surface area (Å²) in [4.78, 5) is 0. The zero-order valence-electron chi connectivity index (χ0n) is 38.7. The minimum absolute atomic E-state index is 0.0628. The number of benzene rings is 6. The van der Waals surface area contributed by atoms with E-state index in [2.05, 4.69) is 0 Å². The second kappa shape index (κ2) is 23.0. The van der Waals surface area contributed by atoms with Crippen LogP contribution in [-0.2, 0) is 72.2 Å². The molecular formula is C57H64O11. The first-order chi connectivity index (χ1) is 33.2. The van der Waals surface area contributed by atoms with Crippen molar-refractivity contribution in [3.05, 3.63) is 215 Å². The highest BCUT2D eigenvalue weighted by Gasteiger charge is 2.75. The maximum Gasteiger partial charge on any atom is 0.186 e. The maximum absolute atomic E-state index is 14.4. The van der Waals surface area contributed by atoms with Crippen LogP contribution in [0.3, 0.4) is 0 Å². The minimum atomic E-state index is -2.34. The molecule has 6 aromatic carbocycles. The van der Waals surface area contributed by atoms with Crippen LogP contribution in [-0.4, -0.2) is 108 Å². The molecule has 0 radical (unpaired) electrons. The third-order valence-electron chi connectivity index (χ3n) is 13.7. The minimum Gasteiger partial charge on any atom is -0.396 e. The molecule has 6 aromatic rings. The normalized spacial score (nSPS) is 28.8. The summed E-state index contributed by atoms with van der Waals surface area (Å²) in [6.45, 7) is -0.389. The summed E-state index contributed by atoms with van der Waals surface area (Å²) >= 11 is 0. The summed E-state index contributed by atoms with van der Waals surface area (Å²) in [6.07, 6.45) is -8.85. The number of aliphatic hydroxyl groups is 4. The number of rotatable bonds is 21. The molecule has 0 saturated carbocycles. The highest BCUT2D eigenvalue weighted by molar-refractivity contribution is 5.32. The van der Waals surface area contributed by atoms with Gasteiger partial charge in [0, 0.05) is 39.4 Å². The Morgan fingerprint density at radius 1 is 0.544 bits per heavy atom. The summed E-state index contributed by atoms with van der Waals surface area (Å²) in [5.41, 5.74) is -1.69. The van der Waals surface area contributed by atoms with E-state index in [9.17, 15) is 20.4 Å². The third-order valence-corrected chi connectivity index (χ3v) is 13.7. The second-order valence-corrected chi connectivity index (χ2v) is 18.0. The van der Waals surface area contributed by atoms with E-state index >= 15 is 0 Å². The molecule has 4 N–H and O–H groups in total. The second-order valence-electron chi connectivity index (χ2n) is 18.0. The molecule has 0 spiro atoms. The molecule has 8 rings (SSSR count). The summed E-state index contributed by atoms with van der Waals surface area (Å²) in [7, 11) is 3.03. The van der Waals surface area contributed by atoms with Crippen molar-refractivity contribution in [2.75, 3.05) is 27.4 Å². The van der Waals surface area contributed by atoms with Crippen molar-refractivity contribution in [3.63, 3.8) is 0 Å². The number of ether oxygens (including phenoxy) is 7. The lowest BCUT2D eigenvalue weighted by Gasteiger charge is -2.65. The van der Waals surface area contributed by atoms with Gasteiger partial charge in [-0.05, 0) is 33.4 Å². The summed E-state index contributed by atoms with van der Waals surface area (Å²) in [5, 5.41) is 52.6. The molecule has 0 bridgehead atoms. The summed E-state index contributed by atoms with van der Waals surface area (Å²) in [5.74, 6) is -1.24. The molecular weight excluding hydrogens is 861 g/mol. The summed E-state index contributed by atoms with van der Waals surface area (Å²) < 4.78 is 48.2. The first-order valence-electron chi connectivity index (χ1n) is 23.4. The van der Waals surface area contributed by atoms with Crippen molar-refractivity contribution in [2.24, 2.45) is 5.92 Å². The fourth-order valence-electron chi connectivity index (χ4n) is 10.3. The molecule has 11 heteroatoms. The van der Waals surface area contributed by atoms with E-state index in [4.69, 9.17) is 33.2 Å². The Morgan fingerprint density at radius 3 is 1.46 bits per heavy atom. The molecule has 2 fully saturated rings. The third kappa shape index (κ3) is 10.7. The van der Waals surface area contributed by atoms with Crippen molar-refractivity contribution in [2.45, 2.75) is 98.8 Å². The first-order valence-corrected chi connectivity index (χ1v) is 23.4. The molecule has 11 atom stereocenters. The number of aliphatic hydroxyl groups excluding tert-OH is 2. The SMILES string of the molecule is CO[C@H]1O[C@H](COCc2ccccc2)[C@](OC)([C@@H]2O[C@H](C(O)Cc3ccccc3)[C@@H](CO)[C@@](O)(Cc3ccccc3)[C@]2(O)Cc2ccccc2)[C@H](OCc2ccccc2)[C@H]1OCc1ccccc1. The number of hydrogen-bond acceptors (Lipinski definition) is 11.